The monoisotopic (exact) mass is 474 g/mol. The summed E-state index contributed by atoms with van der Waals surface area (Å²) in [5.74, 6) is 1.30. The number of carbonyl (C=O) groups is 1. The Morgan fingerprint density at radius 2 is 1.75 bits per heavy atom. The Labute approximate surface area is 207 Å². The quantitative estimate of drug-likeness (QED) is 0.317. The Balaban J connectivity index is 1.40. The number of nitrogens with zero attached hydrogens (tertiary/aromatic N) is 4. The fraction of sp³-hybridized carbons (Fsp3) is 0.0714. The van der Waals surface area contributed by atoms with E-state index in [4.69, 9.17) is 4.74 Å². The number of amides is 1. The van der Waals surface area contributed by atoms with Crippen molar-refractivity contribution in [2.75, 3.05) is 10.6 Å². The molecule has 3 aromatic heterocycles. The van der Waals surface area contributed by atoms with Crippen LogP contribution in [-0.2, 0) is 11.2 Å². The number of aryl methyl sites for hydroxylation is 1. The number of fused-ring (bicyclic) bond motifs is 1. The summed E-state index contributed by atoms with van der Waals surface area (Å²) >= 11 is 0. The van der Waals surface area contributed by atoms with Gasteiger partial charge in [-0.2, -0.15) is 10.4 Å². The van der Waals surface area contributed by atoms with E-state index in [1.807, 2.05) is 73.7 Å². The van der Waals surface area contributed by atoms with Crippen LogP contribution in [-0.4, -0.2) is 20.5 Å². The highest BCUT2D eigenvalue weighted by molar-refractivity contribution is 5.96. The van der Waals surface area contributed by atoms with E-state index in [1.54, 1.807) is 23.1 Å². The zero-order valence-corrected chi connectivity index (χ0v) is 19.5. The molecule has 0 unspecified atom stereocenters. The van der Waals surface area contributed by atoms with E-state index in [1.165, 1.54) is 6.20 Å². The van der Waals surface area contributed by atoms with Gasteiger partial charge in [0.25, 0.3) is 0 Å². The molecule has 0 saturated carbocycles. The minimum absolute atomic E-state index is 0.149. The molecule has 8 nitrogen and oxygen atoms in total. The van der Waals surface area contributed by atoms with Crippen molar-refractivity contribution < 1.29 is 9.53 Å². The van der Waals surface area contributed by atoms with E-state index < -0.39 is 0 Å². The molecule has 0 aliphatic heterocycles. The number of rotatable bonds is 7. The second kappa shape index (κ2) is 9.99. The number of nitriles is 1. The van der Waals surface area contributed by atoms with Crippen LogP contribution in [0.5, 0.6) is 11.5 Å². The minimum Gasteiger partial charge on any atom is -0.457 e. The van der Waals surface area contributed by atoms with E-state index >= 15 is 0 Å². The summed E-state index contributed by atoms with van der Waals surface area (Å²) in [6.45, 7) is 1.89. The van der Waals surface area contributed by atoms with Gasteiger partial charge in [-0.1, -0.05) is 18.2 Å². The number of pyridine rings is 1. The summed E-state index contributed by atoms with van der Waals surface area (Å²) in [5, 5.41) is 20.4. The summed E-state index contributed by atoms with van der Waals surface area (Å²) in [6, 6.07) is 22.8. The van der Waals surface area contributed by atoms with Crippen molar-refractivity contribution in [1.29, 1.82) is 5.26 Å². The molecule has 176 valence electrons. The summed E-state index contributed by atoms with van der Waals surface area (Å²) in [6.07, 6.45) is 6.80. The van der Waals surface area contributed by atoms with E-state index in [9.17, 15) is 10.1 Å². The SMILES string of the molecule is Cc1c(NC(=O)Cc2ccncc2)cn2ncc(C#N)c(Nc3ccc(Oc4ccccc4)cc3)c12. The lowest BCUT2D eigenvalue weighted by molar-refractivity contribution is -0.115. The average Bonchev–Trinajstić information content (AvgIpc) is 3.21. The highest BCUT2D eigenvalue weighted by atomic mass is 16.5. The maximum absolute atomic E-state index is 12.6. The first-order valence-electron chi connectivity index (χ1n) is 11.3. The van der Waals surface area contributed by atoms with Gasteiger partial charge >= 0.3 is 0 Å². The minimum atomic E-state index is -0.149. The third-order valence-corrected chi connectivity index (χ3v) is 5.67. The molecule has 2 aromatic carbocycles. The largest absolute Gasteiger partial charge is 0.457 e. The van der Waals surface area contributed by atoms with Crippen LogP contribution in [0.25, 0.3) is 5.52 Å². The number of carbonyl (C=O) groups excluding carboxylic acids is 1. The van der Waals surface area contributed by atoms with Crippen molar-refractivity contribution in [2.24, 2.45) is 0 Å². The Bertz CT molecular complexity index is 1560. The fourth-order valence-corrected chi connectivity index (χ4v) is 3.88. The molecule has 0 bridgehead atoms. The highest BCUT2D eigenvalue weighted by Gasteiger charge is 2.17. The first-order valence-corrected chi connectivity index (χ1v) is 11.3. The first kappa shape index (κ1) is 22.6. The topological polar surface area (TPSA) is 104 Å². The van der Waals surface area contributed by atoms with Crippen molar-refractivity contribution in [2.45, 2.75) is 13.3 Å². The molecule has 5 rings (SSSR count). The molecule has 0 spiro atoms. The van der Waals surface area contributed by atoms with Gasteiger partial charge in [-0.25, -0.2) is 4.52 Å². The van der Waals surface area contributed by atoms with Crippen LogP contribution in [0.4, 0.5) is 17.1 Å². The summed E-state index contributed by atoms with van der Waals surface area (Å²) in [4.78, 5) is 16.6. The Morgan fingerprint density at radius 3 is 2.47 bits per heavy atom. The number of benzene rings is 2. The number of hydrogen-bond acceptors (Lipinski definition) is 6. The molecule has 0 saturated heterocycles. The number of hydrogen-bond donors (Lipinski definition) is 2. The van der Waals surface area contributed by atoms with E-state index in [-0.39, 0.29) is 12.3 Å². The van der Waals surface area contributed by atoms with Crippen LogP contribution in [0, 0.1) is 18.3 Å². The third kappa shape index (κ3) is 4.86. The van der Waals surface area contributed by atoms with Gasteiger partial charge in [0.1, 0.15) is 17.6 Å². The molecule has 3 heterocycles. The van der Waals surface area contributed by atoms with Gasteiger partial charge < -0.3 is 15.4 Å². The van der Waals surface area contributed by atoms with Gasteiger partial charge in [0, 0.05) is 23.6 Å². The lowest BCUT2D eigenvalue weighted by Crippen LogP contribution is -2.14. The molecule has 0 fully saturated rings. The number of ether oxygens (including phenoxy) is 1. The molecule has 2 N–H and O–H groups in total. The maximum atomic E-state index is 12.6. The molecule has 5 aromatic rings. The van der Waals surface area contributed by atoms with Gasteiger partial charge in [-0.15, -0.1) is 0 Å². The molecular weight excluding hydrogens is 452 g/mol. The standard InChI is InChI=1S/C28H22N6O2/c1-19-25(33-26(35)15-20-11-13-30-14-12-20)18-34-28(19)27(21(16-29)17-31-34)32-22-7-9-24(10-8-22)36-23-5-3-2-4-6-23/h2-14,17-18,32H,15H2,1H3,(H,33,35). The van der Waals surface area contributed by atoms with Crippen molar-refractivity contribution >= 4 is 28.5 Å². The molecule has 0 atom stereocenters. The molecule has 36 heavy (non-hydrogen) atoms. The number of aromatic nitrogens is 3. The van der Waals surface area contributed by atoms with E-state index in [0.717, 1.165) is 22.6 Å². The average molecular weight is 475 g/mol. The molecule has 0 aliphatic carbocycles. The van der Waals surface area contributed by atoms with Crippen molar-refractivity contribution in [3.05, 3.63) is 108 Å². The zero-order valence-electron chi connectivity index (χ0n) is 19.5. The summed E-state index contributed by atoms with van der Waals surface area (Å²) in [7, 11) is 0. The van der Waals surface area contributed by atoms with Crippen LogP contribution in [0.15, 0.2) is 91.5 Å². The van der Waals surface area contributed by atoms with E-state index in [0.29, 0.717) is 28.2 Å². The van der Waals surface area contributed by atoms with Crippen molar-refractivity contribution in [1.82, 2.24) is 14.6 Å². The zero-order chi connectivity index (χ0) is 24.9. The summed E-state index contributed by atoms with van der Waals surface area (Å²) < 4.78 is 7.52. The molecule has 0 aliphatic rings. The molecule has 0 radical (unpaired) electrons. The Kier molecular flexibility index (Phi) is 6.28. The maximum Gasteiger partial charge on any atom is 0.228 e. The molecule has 8 heteroatoms. The predicted octanol–water partition coefficient (Wildman–Crippen LogP) is 5.63. The molecular formula is C28H22N6O2. The predicted molar refractivity (Wildman–Crippen MR) is 137 cm³/mol. The van der Waals surface area contributed by atoms with Gasteiger partial charge in [-0.05, 0) is 61.0 Å². The van der Waals surface area contributed by atoms with Crippen LogP contribution >= 0.6 is 0 Å². The highest BCUT2D eigenvalue weighted by Crippen LogP contribution is 2.33. The fourth-order valence-electron chi connectivity index (χ4n) is 3.88. The first-order chi connectivity index (χ1) is 17.6. The summed E-state index contributed by atoms with van der Waals surface area (Å²) in [5.41, 5.74) is 4.79. The Morgan fingerprint density at radius 1 is 1.03 bits per heavy atom. The smallest absolute Gasteiger partial charge is 0.228 e. The van der Waals surface area contributed by atoms with Crippen molar-refractivity contribution in [3.8, 4) is 17.6 Å². The van der Waals surface area contributed by atoms with E-state index in [2.05, 4.69) is 26.8 Å². The number of para-hydroxylation sites is 1. The van der Waals surface area contributed by atoms with Gasteiger partial charge in [-0.3, -0.25) is 9.78 Å². The van der Waals surface area contributed by atoms with Crippen molar-refractivity contribution in [3.63, 3.8) is 0 Å². The molecule has 1 amide bonds. The normalized spacial score (nSPS) is 10.6. The second-order valence-electron chi connectivity index (χ2n) is 8.15. The van der Waals surface area contributed by atoms with Crippen LogP contribution in [0.1, 0.15) is 16.7 Å². The second-order valence-corrected chi connectivity index (χ2v) is 8.15. The van der Waals surface area contributed by atoms with Gasteiger partial charge in [0.2, 0.25) is 5.91 Å². The van der Waals surface area contributed by atoms with Crippen LogP contribution < -0.4 is 15.4 Å². The van der Waals surface area contributed by atoms with Crippen LogP contribution in [0.2, 0.25) is 0 Å². The van der Waals surface area contributed by atoms with Crippen LogP contribution in [0.3, 0.4) is 0 Å². The van der Waals surface area contributed by atoms with Gasteiger partial charge in [0.05, 0.1) is 41.3 Å². The number of nitrogens with one attached hydrogen (secondary N) is 2. The lowest BCUT2D eigenvalue weighted by Gasteiger charge is -2.12. The Hall–Kier alpha value is -5.16. The number of anilines is 3. The van der Waals surface area contributed by atoms with Gasteiger partial charge in [0.15, 0.2) is 0 Å². The lowest BCUT2D eigenvalue weighted by atomic mass is 10.1. The third-order valence-electron chi connectivity index (χ3n) is 5.67.